The molecule has 0 rings (SSSR count). The highest BCUT2D eigenvalue weighted by Gasteiger charge is 2.12. The molecule has 0 aliphatic carbocycles. The van der Waals surface area contributed by atoms with Crippen molar-refractivity contribution in [3.63, 3.8) is 0 Å². The van der Waals surface area contributed by atoms with Crippen LogP contribution in [0.3, 0.4) is 0 Å². The summed E-state index contributed by atoms with van der Waals surface area (Å²) in [6.07, 6.45) is 0. The van der Waals surface area contributed by atoms with Gasteiger partial charge in [0.2, 0.25) is 5.91 Å². The lowest BCUT2D eigenvalue weighted by atomic mass is 10.3. The minimum Gasteiger partial charge on any atom is -0.353 e. The molecule has 0 radical (unpaired) electrons. The van der Waals surface area contributed by atoms with E-state index in [1.165, 1.54) is 0 Å². The van der Waals surface area contributed by atoms with E-state index in [9.17, 15) is 4.79 Å². The Morgan fingerprint density at radius 1 is 1.46 bits per heavy atom. The molecule has 0 aromatic carbocycles. The van der Waals surface area contributed by atoms with Gasteiger partial charge in [-0.3, -0.25) is 4.79 Å². The third-order valence-electron chi connectivity index (χ3n) is 1.42. The predicted molar refractivity (Wildman–Crippen MR) is 55.7 cm³/mol. The minimum absolute atomic E-state index is 0.0204. The number of carbonyl (C=O) groups excluding carboxylic acids is 1. The molecule has 1 atom stereocenters. The Labute approximate surface area is 84.5 Å². The van der Waals surface area contributed by atoms with E-state index in [1.54, 1.807) is 6.92 Å². The molecule has 76 valence electrons. The number of rotatable bonds is 5. The first kappa shape index (κ1) is 12.5. The van der Waals surface area contributed by atoms with Gasteiger partial charge in [-0.05, 0) is 20.8 Å². The Morgan fingerprint density at radius 3 is 2.38 bits per heavy atom. The fraction of sp³-hybridized carbons (Fsp3) is 0.667. The Kier molecular flexibility index (Phi) is 5.75. The van der Waals surface area contributed by atoms with Crippen molar-refractivity contribution in [1.82, 2.24) is 10.6 Å². The predicted octanol–water partition coefficient (Wildman–Crippen LogP) is 1.24. The summed E-state index contributed by atoms with van der Waals surface area (Å²) >= 11 is 5.54. The van der Waals surface area contributed by atoms with Gasteiger partial charge in [-0.2, -0.15) is 0 Å². The summed E-state index contributed by atoms with van der Waals surface area (Å²) in [5.41, 5.74) is 0. The number of amides is 1. The SMILES string of the molecule is C=C(Cl)CNC(C)C(=O)NC(C)C. The van der Waals surface area contributed by atoms with Crippen LogP contribution in [-0.4, -0.2) is 24.5 Å². The zero-order chi connectivity index (χ0) is 10.4. The van der Waals surface area contributed by atoms with E-state index < -0.39 is 0 Å². The summed E-state index contributed by atoms with van der Waals surface area (Å²) in [6.45, 7) is 9.60. The molecule has 0 saturated heterocycles. The molecule has 0 aromatic rings. The van der Waals surface area contributed by atoms with E-state index in [1.807, 2.05) is 13.8 Å². The highest BCUT2D eigenvalue weighted by Crippen LogP contribution is 1.94. The van der Waals surface area contributed by atoms with Gasteiger partial charge in [0.15, 0.2) is 0 Å². The van der Waals surface area contributed by atoms with Crippen molar-refractivity contribution in [3.05, 3.63) is 11.6 Å². The molecule has 0 bridgehead atoms. The molecular weight excluding hydrogens is 188 g/mol. The molecule has 0 aliphatic rings. The summed E-state index contributed by atoms with van der Waals surface area (Å²) in [6, 6.07) is -0.0751. The average Bonchev–Trinajstić information content (AvgIpc) is 1.98. The molecule has 4 heteroatoms. The van der Waals surface area contributed by atoms with E-state index in [0.29, 0.717) is 11.6 Å². The highest BCUT2D eigenvalue weighted by molar-refractivity contribution is 6.29. The number of hydrogen-bond donors (Lipinski definition) is 2. The van der Waals surface area contributed by atoms with Gasteiger partial charge in [-0.1, -0.05) is 18.2 Å². The Bertz CT molecular complexity index is 192. The first-order valence-corrected chi connectivity index (χ1v) is 4.68. The fourth-order valence-corrected chi connectivity index (χ4v) is 0.843. The average molecular weight is 205 g/mol. The lowest BCUT2D eigenvalue weighted by Gasteiger charge is -2.15. The van der Waals surface area contributed by atoms with Crippen molar-refractivity contribution in [2.24, 2.45) is 0 Å². The van der Waals surface area contributed by atoms with Gasteiger partial charge >= 0.3 is 0 Å². The van der Waals surface area contributed by atoms with Crippen molar-refractivity contribution in [3.8, 4) is 0 Å². The first-order chi connectivity index (χ1) is 5.93. The van der Waals surface area contributed by atoms with Gasteiger partial charge < -0.3 is 10.6 Å². The molecule has 3 nitrogen and oxygen atoms in total. The van der Waals surface area contributed by atoms with E-state index in [0.717, 1.165) is 0 Å². The van der Waals surface area contributed by atoms with Gasteiger partial charge in [0, 0.05) is 17.6 Å². The van der Waals surface area contributed by atoms with Crippen LogP contribution in [0.25, 0.3) is 0 Å². The molecule has 0 heterocycles. The Hall–Kier alpha value is -0.540. The van der Waals surface area contributed by atoms with E-state index >= 15 is 0 Å². The normalized spacial score (nSPS) is 12.7. The highest BCUT2D eigenvalue weighted by atomic mass is 35.5. The van der Waals surface area contributed by atoms with E-state index in [4.69, 9.17) is 11.6 Å². The molecule has 13 heavy (non-hydrogen) atoms. The lowest BCUT2D eigenvalue weighted by Crippen LogP contribution is -2.44. The van der Waals surface area contributed by atoms with Crippen LogP contribution in [0, 0.1) is 0 Å². The van der Waals surface area contributed by atoms with Gasteiger partial charge in [0.1, 0.15) is 0 Å². The van der Waals surface area contributed by atoms with Gasteiger partial charge in [0.05, 0.1) is 6.04 Å². The molecular formula is C9H17ClN2O. The molecule has 0 spiro atoms. The second-order valence-electron chi connectivity index (χ2n) is 3.28. The standard InChI is InChI=1S/C9H17ClN2O/c1-6(2)12-9(13)8(4)11-5-7(3)10/h6,8,11H,3,5H2,1-2,4H3,(H,12,13). The van der Waals surface area contributed by atoms with Crippen LogP contribution in [-0.2, 0) is 4.79 Å². The second kappa shape index (κ2) is 6.00. The lowest BCUT2D eigenvalue weighted by molar-refractivity contribution is -0.123. The molecule has 1 amide bonds. The summed E-state index contributed by atoms with van der Waals surface area (Å²) in [7, 11) is 0. The Balaban J connectivity index is 3.76. The topological polar surface area (TPSA) is 41.1 Å². The molecule has 0 aromatic heterocycles. The van der Waals surface area contributed by atoms with Crippen molar-refractivity contribution in [2.75, 3.05) is 6.54 Å². The van der Waals surface area contributed by atoms with Crippen LogP contribution in [0.1, 0.15) is 20.8 Å². The van der Waals surface area contributed by atoms with Gasteiger partial charge in [-0.25, -0.2) is 0 Å². The second-order valence-corrected chi connectivity index (χ2v) is 3.82. The minimum atomic E-state index is -0.238. The van der Waals surface area contributed by atoms with Gasteiger partial charge in [0.25, 0.3) is 0 Å². The van der Waals surface area contributed by atoms with Crippen LogP contribution in [0.5, 0.6) is 0 Å². The number of hydrogen-bond acceptors (Lipinski definition) is 2. The maximum absolute atomic E-state index is 11.3. The summed E-state index contributed by atoms with van der Waals surface area (Å²) in [5.74, 6) is -0.0204. The number of halogens is 1. The summed E-state index contributed by atoms with van der Waals surface area (Å²) < 4.78 is 0. The smallest absolute Gasteiger partial charge is 0.237 e. The van der Waals surface area contributed by atoms with E-state index in [-0.39, 0.29) is 18.0 Å². The molecule has 0 saturated carbocycles. The van der Waals surface area contributed by atoms with Crippen LogP contribution in [0.2, 0.25) is 0 Å². The molecule has 2 N–H and O–H groups in total. The monoisotopic (exact) mass is 204 g/mol. The van der Waals surface area contributed by atoms with Gasteiger partial charge in [-0.15, -0.1) is 0 Å². The largest absolute Gasteiger partial charge is 0.353 e. The summed E-state index contributed by atoms with van der Waals surface area (Å²) in [5, 5.41) is 6.24. The van der Waals surface area contributed by atoms with Crippen molar-refractivity contribution >= 4 is 17.5 Å². The van der Waals surface area contributed by atoms with Crippen molar-refractivity contribution in [2.45, 2.75) is 32.9 Å². The van der Waals surface area contributed by atoms with Crippen LogP contribution in [0.4, 0.5) is 0 Å². The van der Waals surface area contributed by atoms with Crippen LogP contribution in [0.15, 0.2) is 11.6 Å². The fourth-order valence-electron chi connectivity index (χ4n) is 0.766. The summed E-state index contributed by atoms with van der Waals surface area (Å²) in [4.78, 5) is 11.3. The molecule has 1 unspecified atom stereocenters. The third-order valence-corrected chi connectivity index (χ3v) is 1.56. The maximum Gasteiger partial charge on any atom is 0.237 e. The number of carbonyl (C=O) groups is 1. The zero-order valence-electron chi connectivity index (χ0n) is 8.36. The van der Waals surface area contributed by atoms with E-state index in [2.05, 4.69) is 17.2 Å². The quantitative estimate of drug-likeness (QED) is 0.708. The number of nitrogens with one attached hydrogen (secondary N) is 2. The zero-order valence-corrected chi connectivity index (χ0v) is 9.11. The first-order valence-electron chi connectivity index (χ1n) is 4.30. The maximum atomic E-state index is 11.3. The van der Waals surface area contributed by atoms with Crippen molar-refractivity contribution < 1.29 is 4.79 Å². The Morgan fingerprint density at radius 2 is 2.00 bits per heavy atom. The van der Waals surface area contributed by atoms with Crippen LogP contribution < -0.4 is 10.6 Å². The van der Waals surface area contributed by atoms with Crippen molar-refractivity contribution in [1.29, 1.82) is 0 Å². The third kappa shape index (κ3) is 6.61. The molecule has 0 fully saturated rings. The molecule has 0 aliphatic heterocycles. The van der Waals surface area contributed by atoms with Crippen LogP contribution >= 0.6 is 11.6 Å².